The highest BCUT2D eigenvalue weighted by molar-refractivity contribution is 6.00. The zero-order valence-corrected chi connectivity index (χ0v) is 13.5. The Balaban J connectivity index is 1.80. The van der Waals surface area contributed by atoms with E-state index in [9.17, 15) is 9.59 Å². The molecular formula is C17H23N3O3. The third-order valence-corrected chi connectivity index (χ3v) is 4.15. The lowest BCUT2D eigenvalue weighted by molar-refractivity contribution is -0.123. The third-order valence-electron chi connectivity index (χ3n) is 4.15. The minimum atomic E-state index is -0.128. The van der Waals surface area contributed by atoms with E-state index in [-0.39, 0.29) is 18.4 Å². The Labute approximate surface area is 136 Å². The number of nitrogens with zero attached hydrogens (tertiary/aromatic N) is 2. The summed E-state index contributed by atoms with van der Waals surface area (Å²) < 4.78 is 5.40. The SMILES string of the molecule is CC(=O)N(CC(=O)NC1CC1)c1ccccc1N1CCOCC1. The molecule has 2 aliphatic rings. The van der Waals surface area contributed by atoms with E-state index in [2.05, 4.69) is 10.2 Å². The maximum absolute atomic E-state index is 12.1. The molecule has 124 valence electrons. The average Bonchev–Trinajstić information content (AvgIpc) is 3.37. The maximum Gasteiger partial charge on any atom is 0.240 e. The van der Waals surface area contributed by atoms with Gasteiger partial charge >= 0.3 is 0 Å². The summed E-state index contributed by atoms with van der Waals surface area (Å²) in [6.45, 7) is 4.49. The number of carbonyl (C=O) groups excluding carboxylic acids is 2. The van der Waals surface area contributed by atoms with Crippen LogP contribution in [0.25, 0.3) is 0 Å². The fourth-order valence-electron chi connectivity index (χ4n) is 2.77. The largest absolute Gasteiger partial charge is 0.378 e. The van der Waals surface area contributed by atoms with Crippen molar-refractivity contribution >= 4 is 23.2 Å². The van der Waals surface area contributed by atoms with Gasteiger partial charge in [0.05, 0.1) is 24.6 Å². The van der Waals surface area contributed by atoms with Gasteiger partial charge in [-0.25, -0.2) is 0 Å². The first-order valence-electron chi connectivity index (χ1n) is 8.14. The molecule has 6 nitrogen and oxygen atoms in total. The van der Waals surface area contributed by atoms with Crippen molar-refractivity contribution in [2.24, 2.45) is 0 Å². The highest BCUT2D eigenvalue weighted by Crippen LogP contribution is 2.30. The zero-order valence-electron chi connectivity index (χ0n) is 13.5. The Morgan fingerprint density at radius 1 is 1.26 bits per heavy atom. The number of carbonyl (C=O) groups is 2. The molecule has 1 saturated heterocycles. The number of morpholine rings is 1. The van der Waals surface area contributed by atoms with E-state index in [0.717, 1.165) is 37.3 Å². The number of hydrogen-bond acceptors (Lipinski definition) is 4. The number of para-hydroxylation sites is 2. The lowest BCUT2D eigenvalue weighted by atomic mass is 10.2. The van der Waals surface area contributed by atoms with Gasteiger partial charge in [-0.1, -0.05) is 12.1 Å². The van der Waals surface area contributed by atoms with E-state index in [4.69, 9.17) is 4.74 Å². The van der Waals surface area contributed by atoms with Crippen LogP contribution in [0.4, 0.5) is 11.4 Å². The molecular weight excluding hydrogens is 294 g/mol. The first-order chi connectivity index (χ1) is 11.1. The van der Waals surface area contributed by atoms with Crippen molar-refractivity contribution in [3.63, 3.8) is 0 Å². The molecule has 2 fully saturated rings. The highest BCUT2D eigenvalue weighted by atomic mass is 16.5. The predicted octanol–water partition coefficient (Wildman–Crippen LogP) is 1.15. The Kier molecular flexibility index (Phi) is 4.81. The van der Waals surface area contributed by atoms with Gasteiger partial charge in [-0.3, -0.25) is 9.59 Å². The van der Waals surface area contributed by atoms with Crippen LogP contribution < -0.4 is 15.1 Å². The van der Waals surface area contributed by atoms with Gasteiger partial charge in [0.2, 0.25) is 11.8 Å². The average molecular weight is 317 g/mol. The molecule has 1 N–H and O–H groups in total. The van der Waals surface area contributed by atoms with Gasteiger partial charge in [-0.15, -0.1) is 0 Å². The molecule has 1 aromatic carbocycles. The molecule has 1 aliphatic carbocycles. The summed E-state index contributed by atoms with van der Waals surface area (Å²) in [5.74, 6) is -0.226. The smallest absolute Gasteiger partial charge is 0.240 e. The molecule has 0 unspecified atom stereocenters. The first kappa shape index (κ1) is 15.8. The molecule has 3 rings (SSSR count). The molecule has 2 amide bonds. The van der Waals surface area contributed by atoms with Gasteiger partial charge in [0, 0.05) is 26.1 Å². The number of amides is 2. The van der Waals surface area contributed by atoms with Crippen LogP contribution in [0.1, 0.15) is 19.8 Å². The number of nitrogens with one attached hydrogen (secondary N) is 1. The Hall–Kier alpha value is -2.08. The second-order valence-electron chi connectivity index (χ2n) is 6.04. The molecule has 1 aliphatic heterocycles. The van der Waals surface area contributed by atoms with Crippen LogP contribution >= 0.6 is 0 Å². The van der Waals surface area contributed by atoms with Crippen LogP contribution in [0, 0.1) is 0 Å². The summed E-state index contributed by atoms with van der Waals surface area (Å²) in [5, 5.41) is 2.94. The topological polar surface area (TPSA) is 61.9 Å². The quantitative estimate of drug-likeness (QED) is 0.885. The number of hydrogen-bond donors (Lipinski definition) is 1. The molecule has 0 aromatic heterocycles. The van der Waals surface area contributed by atoms with Crippen molar-refractivity contribution in [3.05, 3.63) is 24.3 Å². The van der Waals surface area contributed by atoms with E-state index in [0.29, 0.717) is 19.3 Å². The third kappa shape index (κ3) is 4.01. The van der Waals surface area contributed by atoms with Crippen molar-refractivity contribution in [2.45, 2.75) is 25.8 Å². The zero-order chi connectivity index (χ0) is 16.2. The van der Waals surface area contributed by atoms with E-state index < -0.39 is 0 Å². The van der Waals surface area contributed by atoms with Crippen LogP contribution in [0.15, 0.2) is 24.3 Å². The lowest BCUT2D eigenvalue weighted by Gasteiger charge is -2.33. The van der Waals surface area contributed by atoms with Crippen molar-refractivity contribution < 1.29 is 14.3 Å². The van der Waals surface area contributed by atoms with E-state index in [1.807, 2.05) is 24.3 Å². The summed E-state index contributed by atoms with van der Waals surface area (Å²) in [6, 6.07) is 8.04. The van der Waals surface area contributed by atoms with Gasteiger partial charge in [0.15, 0.2) is 0 Å². The summed E-state index contributed by atoms with van der Waals surface area (Å²) in [6.07, 6.45) is 2.08. The van der Waals surface area contributed by atoms with Gasteiger partial charge < -0.3 is 19.9 Å². The minimum absolute atomic E-state index is 0.0627. The second kappa shape index (κ2) is 7.00. The molecule has 1 saturated carbocycles. The van der Waals surface area contributed by atoms with E-state index >= 15 is 0 Å². The summed E-state index contributed by atoms with van der Waals surface area (Å²) in [5.41, 5.74) is 1.76. The van der Waals surface area contributed by atoms with Crippen LogP contribution in [-0.2, 0) is 14.3 Å². The molecule has 1 aromatic rings. The lowest BCUT2D eigenvalue weighted by Crippen LogP contribution is -2.42. The maximum atomic E-state index is 12.1. The summed E-state index contributed by atoms with van der Waals surface area (Å²) >= 11 is 0. The highest BCUT2D eigenvalue weighted by Gasteiger charge is 2.26. The summed E-state index contributed by atoms with van der Waals surface area (Å²) in [7, 11) is 0. The van der Waals surface area contributed by atoms with Gasteiger partial charge in [0.1, 0.15) is 6.54 Å². The number of benzene rings is 1. The van der Waals surface area contributed by atoms with E-state index in [1.165, 1.54) is 6.92 Å². The first-order valence-corrected chi connectivity index (χ1v) is 8.14. The normalized spacial score (nSPS) is 17.7. The van der Waals surface area contributed by atoms with Gasteiger partial charge in [-0.2, -0.15) is 0 Å². The molecule has 0 bridgehead atoms. The van der Waals surface area contributed by atoms with E-state index in [1.54, 1.807) is 4.90 Å². The van der Waals surface area contributed by atoms with Crippen molar-refractivity contribution in [1.82, 2.24) is 5.32 Å². The Morgan fingerprint density at radius 2 is 1.96 bits per heavy atom. The molecule has 0 radical (unpaired) electrons. The number of rotatable bonds is 5. The monoisotopic (exact) mass is 317 g/mol. The van der Waals surface area contributed by atoms with Crippen LogP contribution in [0.2, 0.25) is 0 Å². The number of ether oxygens (including phenoxy) is 1. The van der Waals surface area contributed by atoms with Crippen LogP contribution in [-0.4, -0.2) is 50.7 Å². The van der Waals surface area contributed by atoms with Crippen LogP contribution in [0.3, 0.4) is 0 Å². The minimum Gasteiger partial charge on any atom is -0.378 e. The second-order valence-corrected chi connectivity index (χ2v) is 6.04. The Bertz CT molecular complexity index is 580. The standard InChI is InChI=1S/C17H23N3O3/c1-13(21)20(12-17(22)18-14-6-7-14)16-5-3-2-4-15(16)19-8-10-23-11-9-19/h2-5,14H,6-12H2,1H3,(H,18,22). The van der Waals surface area contributed by atoms with Gasteiger partial charge in [-0.05, 0) is 25.0 Å². The predicted molar refractivity (Wildman–Crippen MR) is 88.7 cm³/mol. The fourth-order valence-corrected chi connectivity index (χ4v) is 2.77. The van der Waals surface area contributed by atoms with Crippen molar-refractivity contribution in [1.29, 1.82) is 0 Å². The van der Waals surface area contributed by atoms with Crippen molar-refractivity contribution in [3.8, 4) is 0 Å². The van der Waals surface area contributed by atoms with Gasteiger partial charge in [0.25, 0.3) is 0 Å². The molecule has 1 heterocycles. The Morgan fingerprint density at radius 3 is 2.61 bits per heavy atom. The van der Waals surface area contributed by atoms with Crippen LogP contribution in [0.5, 0.6) is 0 Å². The molecule has 0 spiro atoms. The fraction of sp³-hybridized carbons (Fsp3) is 0.529. The number of anilines is 2. The molecule has 23 heavy (non-hydrogen) atoms. The van der Waals surface area contributed by atoms with Crippen molar-refractivity contribution in [2.75, 3.05) is 42.6 Å². The summed E-state index contributed by atoms with van der Waals surface area (Å²) in [4.78, 5) is 28.0. The molecule has 0 atom stereocenters. The molecule has 6 heteroatoms.